The second-order valence-electron chi connectivity index (χ2n) is 5.82. The summed E-state index contributed by atoms with van der Waals surface area (Å²) in [5, 5.41) is 2.13. The van der Waals surface area contributed by atoms with Crippen LogP contribution >= 0.6 is 11.3 Å². The predicted octanol–water partition coefficient (Wildman–Crippen LogP) is 4.60. The molecule has 0 N–H and O–H groups in total. The molecule has 0 bridgehead atoms. The molecule has 1 atom stereocenters. The van der Waals surface area contributed by atoms with E-state index in [4.69, 9.17) is 0 Å². The van der Waals surface area contributed by atoms with E-state index in [-0.39, 0.29) is 5.92 Å². The topological polar surface area (TPSA) is 17.1 Å². The summed E-state index contributed by atoms with van der Waals surface area (Å²) in [6.07, 6.45) is 3.90. The van der Waals surface area contributed by atoms with E-state index in [1.165, 1.54) is 27.1 Å². The highest BCUT2D eigenvalue weighted by Gasteiger charge is 2.27. The fourth-order valence-electron chi connectivity index (χ4n) is 3.12. The normalized spacial score (nSPS) is 17.8. The highest BCUT2D eigenvalue weighted by atomic mass is 32.1. The van der Waals surface area contributed by atoms with Gasteiger partial charge in [-0.05, 0) is 61.2 Å². The van der Waals surface area contributed by atoms with Gasteiger partial charge in [0.25, 0.3) is 0 Å². The maximum atomic E-state index is 12.7. The fraction of sp³-hybridized carbons (Fsp3) is 0.389. The van der Waals surface area contributed by atoms with Crippen LogP contribution in [0.2, 0.25) is 0 Å². The Morgan fingerprint density at radius 1 is 1.30 bits per heavy atom. The van der Waals surface area contributed by atoms with Crippen LogP contribution in [0.4, 0.5) is 0 Å². The molecule has 20 heavy (non-hydrogen) atoms. The summed E-state index contributed by atoms with van der Waals surface area (Å²) in [5.74, 6) is 0.517. The van der Waals surface area contributed by atoms with E-state index in [1.54, 1.807) is 11.3 Å². The lowest BCUT2D eigenvalue weighted by Gasteiger charge is -2.21. The van der Waals surface area contributed by atoms with Crippen molar-refractivity contribution < 1.29 is 4.79 Å². The molecule has 0 saturated carbocycles. The van der Waals surface area contributed by atoms with E-state index in [1.807, 2.05) is 0 Å². The first kappa shape index (κ1) is 13.6. The van der Waals surface area contributed by atoms with E-state index in [2.05, 4.69) is 43.5 Å². The maximum Gasteiger partial charge on any atom is 0.144 e. The molecule has 0 aliphatic heterocycles. The molecular formula is C18H20OS. The molecular weight excluding hydrogens is 264 g/mol. The quantitative estimate of drug-likeness (QED) is 0.805. The minimum Gasteiger partial charge on any atom is -0.299 e. The van der Waals surface area contributed by atoms with Crippen LogP contribution in [0.25, 0.3) is 0 Å². The van der Waals surface area contributed by atoms with Gasteiger partial charge in [0.2, 0.25) is 0 Å². The zero-order valence-electron chi connectivity index (χ0n) is 12.1. The number of carbonyl (C=O) groups is 1. The van der Waals surface area contributed by atoms with Crippen molar-refractivity contribution in [2.45, 2.75) is 45.4 Å². The second kappa shape index (κ2) is 5.53. The first-order chi connectivity index (χ1) is 9.65. The zero-order valence-corrected chi connectivity index (χ0v) is 12.9. The molecule has 1 aliphatic carbocycles. The SMILES string of the molecule is Cc1ccc(C)c(CC(=O)C2CCCc3sccc32)c1. The average molecular weight is 284 g/mol. The number of thiophene rings is 1. The fourth-order valence-corrected chi connectivity index (χ4v) is 4.11. The molecule has 0 radical (unpaired) electrons. The first-order valence-corrected chi connectivity index (χ1v) is 8.18. The van der Waals surface area contributed by atoms with Crippen LogP contribution in [0.15, 0.2) is 29.6 Å². The lowest BCUT2D eigenvalue weighted by molar-refractivity contribution is -0.120. The van der Waals surface area contributed by atoms with Crippen molar-refractivity contribution in [2.24, 2.45) is 0 Å². The van der Waals surface area contributed by atoms with Crippen molar-refractivity contribution in [3.8, 4) is 0 Å². The zero-order chi connectivity index (χ0) is 14.1. The van der Waals surface area contributed by atoms with Crippen molar-refractivity contribution in [1.29, 1.82) is 0 Å². The molecule has 3 rings (SSSR count). The second-order valence-corrected chi connectivity index (χ2v) is 6.82. The number of hydrogen-bond acceptors (Lipinski definition) is 2. The summed E-state index contributed by atoms with van der Waals surface area (Å²) in [6, 6.07) is 8.55. The molecule has 1 heterocycles. The smallest absolute Gasteiger partial charge is 0.144 e. The number of benzene rings is 1. The van der Waals surface area contributed by atoms with Gasteiger partial charge < -0.3 is 0 Å². The molecule has 0 fully saturated rings. The van der Waals surface area contributed by atoms with Crippen LogP contribution in [0.5, 0.6) is 0 Å². The van der Waals surface area contributed by atoms with E-state index in [9.17, 15) is 4.79 Å². The van der Waals surface area contributed by atoms with Gasteiger partial charge in [0, 0.05) is 17.2 Å². The van der Waals surface area contributed by atoms with E-state index < -0.39 is 0 Å². The monoisotopic (exact) mass is 284 g/mol. The first-order valence-electron chi connectivity index (χ1n) is 7.30. The van der Waals surface area contributed by atoms with Gasteiger partial charge in [0.1, 0.15) is 5.78 Å². The summed E-state index contributed by atoms with van der Waals surface area (Å²) < 4.78 is 0. The Hall–Kier alpha value is -1.41. The minimum absolute atomic E-state index is 0.130. The molecule has 1 nitrogen and oxygen atoms in total. The Bertz CT molecular complexity index is 639. The number of carbonyl (C=O) groups excluding carboxylic acids is 1. The van der Waals surface area contributed by atoms with Crippen molar-refractivity contribution >= 4 is 17.1 Å². The third-order valence-corrected chi connectivity index (χ3v) is 5.31. The minimum atomic E-state index is 0.130. The van der Waals surface area contributed by atoms with Crippen molar-refractivity contribution in [1.82, 2.24) is 0 Å². The number of Topliss-reactive ketones (excluding diaryl/α,β-unsaturated/α-hetero) is 1. The van der Waals surface area contributed by atoms with Gasteiger partial charge in [-0.25, -0.2) is 0 Å². The van der Waals surface area contributed by atoms with Crippen LogP contribution in [0.1, 0.15) is 45.9 Å². The van der Waals surface area contributed by atoms with Crippen LogP contribution < -0.4 is 0 Å². The van der Waals surface area contributed by atoms with Gasteiger partial charge in [-0.3, -0.25) is 4.79 Å². The molecule has 1 unspecified atom stereocenters. The van der Waals surface area contributed by atoms with Gasteiger partial charge in [0.15, 0.2) is 0 Å². The molecule has 104 valence electrons. The Labute approximate surface area is 124 Å². The van der Waals surface area contributed by atoms with Gasteiger partial charge >= 0.3 is 0 Å². The molecule has 0 amide bonds. The Morgan fingerprint density at radius 2 is 2.15 bits per heavy atom. The molecule has 0 spiro atoms. The number of fused-ring (bicyclic) bond motifs is 1. The highest BCUT2D eigenvalue weighted by molar-refractivity contribution is 7.10. The Balaban J connectivity index is 1.83. The van der Waals surface area contributed by atoms with Gasteiger partial charge in [0.05, 0.1) is 0 Å². The molecule has 1 aromatic heterocycles. The summed E-state index contributed by atoms with van der Waals surface area (Å²) in [5.41, 5.74) is 4.96. The van der Waals surface area contributed by atoms with Crippen LogP contribution in [0, 0.1) is 13.8 Å². The van der Waals surface area contributed by atoms with Gasteiger partial charge in [-0.15, -0.1) is 11.3 Å². The average Bonchev–Trinajstić information content (AvgIpc) is 2.91. The number of hydrogen-bond donors (Lipinski definition) is 0. The van der Waals surface area contributed by atoms with Crippen molar-refractivity contribution in [3.05, 3.63) is 56.8 Å². The predicted molar refractivity (Wildman–Crippen MR) is 84.6 cm³/mol. The Morgan fingerprint density at radius 3 is 3.00 bits per heavy atom. The van der Waals surface area contributed by atoms with Crippen LogP contribution in [0.3, 0.4) is 0 Å². The van der Waals surface area contributed by atoms with Crippen molar-refractivity contribution in [2.75, 3.05) is 0 Å². The highest BCUT2D eigenvalue weighted by Crippen LogP contribution is 2.36. The number of aryl methyl sites for hydroxylation is 3. The van der Waals surface area contributed by atoms with Gasteiger partial charge in [-0.1, -0.05) is 23.8 Å². The Kier molecular flexibility index (Phi) is 3.75. The third-order valence-electron chi connectivity index (χ3n) is 4.31. The summed E-state index contributed by atoms with van der Waals surface area (Å²) in [6.45, 7) is 4.18. The van der Waals surface area contributed by atoms with Crippen molar-refractivity contribution in [3.63, 3.8) is 0 Å². The molecule has 1 aliphatic rings. The molecule has 0 saturated heterocycles. The van der Waals surface area contributed by atoms with Gasteiger partial charge in [-0.2, -0.15) is 0 Å². The number of rotatable bonds is 3. The van der Waals surface area contributed by atoms with E-state index >= 15 is 0 Å². The lowest BCUT2D eigenvalue weighted by atomic mass is 9.82. The molecule has 2 heteroatoms. The molecule has 1 aromatic carbocycles. The lowest BCUT2D eigenvalue weighted by Crippen LogP contribution is -2.19. The van der Waals surface area contributed by atoms with E-state index in [0.29, 0.717) is 12.2 Å². The third kappa shape index (κ3) is 2.57. The maximum absolute atomic E-state index is 12.7. The standard InChI is InChI=1S/C18H20OS/c1-12-6-7-13(2)14(10-12)11-17(19)15-4-3-5-18-16(15)8-9-20-18/h6-10,15H,3-5,11H2,1-2H3. The van der Waals surface area contributed by atoms with Crippen LogP contribution in [-0.2, 0) is 17.6 Å². The van der Waals surface area contributed by atoms with Crippen LogP contribution in [-0.4, -0.2) is 5.78 Å². The summed E-state index contributed by atoms with van der Waals surface area (Å²) in [4.78, 5) is 14.1. The molecule has 2 aromatic rings. The summed E-state index contributed by atoms with van der Waals surface area (Å²) >= 11 is 1.81. The van der Waals surface area contributed by atoms with E-state index in [0.717, 1.165) is 19.3 Å². The summed E-state index contributed by atoms with van der Waals surface area (Å²) in [7, 11) is 0. The largest absolute Gasteiger partial charge is 0.299 e. The number of ketones is 1.